The highest BCUT2D eigenvalue weighted by Crippen LogP contribution is 2.36. The van der Waals surface area contributed by atoms with Crippen LogP contribution in [0.5, 0.6) is 0 Å². The molecule has 0 spiro atoms. The zero-order chi connectivity index (χ0) is 17.6. The van der Waals surface area contributed by atoms with Crippen molar-refractivity contribution in [3.05, 3.63) is 63.8 Å². The first-order valence-corrected chi connectivity index (χ1v) is 9.00. The van der Waals surface area contributed by atoms with Crippen molar-refractivity contribution in [1.29, 1.82) is 0 Å². The SMILES string of the molecule is Cc1ccc(CCn2c3c(c4c(F)ccc(Cl)c42)CN(C)CC3)cn1. The maximum absolute atomic E-state index is 14.6. The third kappa shape index (κ3) is 2.94. The van der Waals surface area contributed by atoms with Crippen molar-refractivity contribution >= 4 is 22.5 Å². The zero-order valence-electron chi connectivity index (χ0n) is 14.5. The minimum Gasteiger partial charge on any atom is -0.343 e. The van der Waals surface area contributed by atoms with Crippen molar-refractivity contribution < 1.29 is 4.39 Å². The van der Waals surface area contributed by atoms with Gasteiger partial charge >= 0.3 is 0 Å². The Morgan fingerprint density at radius 2 is 2.08 bits per heavy atom. The lowest BCUT2D eigenvalue weighted by Gasteiger charge is -2.24. The minimum atomic E-state index is -0.179. The van der Waals surface area contributed by atoms with E-state index >= 15 is 0 Å². The number of aryl methyl sites for hydroxylation is 3. The van der Waals surface area contributed by atoms with Crippen LogP contribution in [0.4, 0.5) is 4.39 Å². The second-order valence-electron chi connectivity index (χ2n) is 6.88. The third-order valence-corrected chi connectivity index (χ3v) is 5.38. The van der Waals surface area contributed by atoms with Crippen LogP contribution in [-0.2, 0) is 25.9 Å². The number of hydrogen-bond acceptors (Lipinski definition) is 2. The van der Waals surface area contributed by atoms with E-state index in [4.69, 9.17) is 11.6 Å². The molecule has 5 heteroatoms. The molecule has 0 bridgehead atoms. The number of hydrogen-bond donors (Lipinski definition) is 0. The van der Waals surface area contributed by atoms with E-state index in [1.807, 2.05) is 19.2 Å². The Morgan fingerprint density at radius 1 is 1.24 bits per heavy atom. The van der Waals surface area contributed by atoms with Crippen LogP contribution in [0.3, 0.4) is 0 Å². The largest absolute Gasteiger partial charge is 0.343 e. The zero-order valence-corrected chi connectivity index (χ0v) is 15.3. The van der Waals surface area contributed by atoms with Gasteiger partial charge in [0.25, 0.3) is 0 Å². The van der Waals surface area contributed by atoms with Crippen LogP contribution in [-0.4, -0.2) is 28.0 Å². The van der Waals surface area contributed by atoms with Crippen LogP contribution in [0.2, 0.25) is 5.02 Å². The van der Waals surface area contributed by atoms with Gasteiger partial charge in [0.15, 0.2) is 0 Å². The first kappa shape index (κ1) is 16.6. The van der Waals surface area contributed by atoms with E-state index in [1.54, 1.807) is 6.07 Å². The topological polar surface area (TPSA) is 21.1 Å². The summed E-state index contributed by atoms with van der Waals surface area (Å²) in [6, 6.07) is 7.28. The van der Waals surface area contributed by atoms with Crippen LogP contribution in [0.15, 0.2) is 30.5 Å². The van der Waals surface area contributed by atoms with Gasteiger partial charge in [0.1, 0.15) is 5.82 Å². The molecule has 0 atom stereocenters. The van der Waals surface area contributed by atoms with Gasteiger partial charge in [-0.3, -0.25) is 4.98 Å². The van der Waals surface area contributed by atoms with Gasteiger partial charge in [0.2, 0.25) is 0 Å². The highest BCUT2D eigenvalue weighted by Gasteiger charge is 2.25. The lowest BCUT2D eigenvalue weighted by atomic mass is 10.0. The fourth-order valence-electron chi connectivity index (χ4n) is 3.77. The maximum Gasteiger partial charge on any atom is 0.133 e. The molecule has 0 amide bonds. The number of nitrogens with zero attached hydrogens (tertiary/aromatic N) is 3. The summed E-state index contributed by atoms with van der Waals surface area (Å²) in [6.07, 6.45) is 3.69. The second-order valence-corrected chi connectivity index (χ2v) is 7.28. The standard InChI is InChI=1S/C20H21ClFN3/c1-13-3-4-14(11-23-13)7-10-25-18-8-9-24(2)12-15(18)19-17(22)6-5-16(21)20(19)25/h3-6,11H,7-10,12H2,1-2H3. The van der Waals surface area contributed by atoms with Crippen LogP contribution < -0.4 is 0 Å². The molecule has 1 aromatic carbocycles. The smallest absolute Gasteiger partial charge is 0.133 e. The van der Waals surface area contributed by atoms with E-state index < -0.39 is 0 Å². The number of rotatable bonds is 3. The van der Waals surface area contributed by atoms with E-state index in [9.17, 15) is 4.39 Å². The summed E-state index contributed by atoms with van der Waals surface area (Å²) in [4.78, 5) is 6.60. The minimum absolute atomic E-state index is 0.179. The molecule has 25 heavy (non-hydrogen) atoms. The van der Waals surface area contributed by atoms with Crippen LogP contribution in [0.25, 0.3) is 10.9 Å². The summed E-state index contributed by atoms with van der Waals surface area (Å²) in [5, 5.41) is 1.31. The molecule has 1 aliphatic heterocycles. The predicted octanol–water partition coefficient (Wildman–Crippen LogP) is 4.37. The van der Waals surface area contributed by atoms with Crippen LogP contribution in [0, 0.1) is 12.7 Å². The van der Waals surface area contributed by atoms with Gasteiger partial charge in [-0.05, 0) is 49.7 Å². The Hall–Kier alpha value is -1.91. The summed E-state index contributed by atoms with van der Waals surface area (Å²) in [5.74, 6) is -0.179. The fourth-order valence-corrected chi connectivity index (χ4v) is 4.03. The van der Waals surface area contributed by atoms with E-state index in [1.165, 1.54) is 17.3 Å². The molecule has 0 fully saturated rings. The monoisotopic (exact) mass is 357 g/mol. The molecule has 0 N–H and O–H groups in total. The first-order chi connectivity index (χ1) is 12.0. The molecule has 0 aliphatic carbocycles. The second kappa shape index (κ2) is 6.43. The summed E-state index contributed by atoms with van der Waals surface area (Å²) < 4.78 is 16.8. The number of benzene rings is 1. The van der Waals surface area contributed by atoms with Gasteiger partial charge in [-0.1, -0.05) is 17.7 Å². The van der Waals surface area contributed by atoms with Crippen LogP contribution >= 0.6 is 11.6 Å². The molecule has 0 saturated heterocycles. The molecule has 4 rings (SSSR count). The lowest BCUT2D eigenvalue weighted by Crippen LogP contribution is -2.27. The average molecular weight is 358 g/mol. The molecular weight excluding hydrogens is 337 g/mol. The van der Waals surface area contributed by atoms with Gasteiger partial charge in [-0.15, -0.1) is 0 Å². The van der Waals surface area contributed by atoms with Crippen molar-refractivity contribution in [2.24, 2.45) is 0 Å². The van der Waals surface area contributed by atoms with Gasteiger partial charge in [0.05, 0.1) is 10.5 Å². The Bertz CT molecular complexity index is 931. The highest BCUT2D eigenvalue weighted by atomic mass is 35.5. The summed E-state index contributed by atoms with van der Waals surface area (Å²) in [5.41, 5.74) is 5.34. The number of pyridine rings is 1. The van der Waals surface area contributed by atoms with Crippen molar-refractivity contribution in [2.75, 3.05) is 13.6 Å². The Balaban J connectivity index is 1.80. The summed E-state index contributed by atoms with van der Waals surface area (Å²) in [6.45, 7) is 4.51. The number of fused-ring (bicyclic) bond motifs is 3. The van der Waals surface area contributed by atoms with E-state index in [0.29, 0.717) is 10.4 Å². The molecule has 130 valence electrons. The fraction of sp³-hybridized carbons (Fsp3) is 0.350. The normalized spacial score (nSPS) is 14.9. The molecule has 1 aliphatic rings. The maximum atomic E-state index is 14.6. The lowest BCUT2D eigenvalue weighted by molar-refractivity contribution is 0.309. The predicted molar refractivity (Wildman–Crippen MR) is 99.6 cm³/mol. The highest BCUT2D eigenvalue weighted by molar-refractivity contribution is 6.35. The molecule has 2 aromatic heterocycles. The van der Waals surface area contributed by atoms with E-state index in [2.05, 4.69) is 27.6 Å². The van der Waals surface area contributed by atoms with Crippen molar-refractivity contribution in [3.8, 4) is 0 Å². The average Bonchev–Trinajstić information content (AvgIpc) is 2.92. The first-order valence-electron chi connectivity index (χ1n) is 8.62. The van der Waals surface area contributed by atoms with Crippen molar-refractivity contribution in [1.82, 2.24) is 14.5 Å². The summed E-state index contributed by atoms with van der Waals surface area (Å²) in [7, 11) is 2.08. The number of halogens is 2. The molecule has 0 saturated carbocycles. The molecule has 3 nitrogen and oxygen atoms in total. The van der Waals surface area contributed by atoms with E-state index in [-0.39, 0.29) is 5.82 Å². The summed E-state index contributed by atoms with van der Waals surface area (Å²) >= 11 is 6.48. The van der Waals surface area contributed by atoms with Crippen molar-refractivity contribution in [3.63, 3.8) is 0 Å². The molecule has 3 heterocycles. The third-order valence-electron chi connectivity index (χ3n) is 5.08. The van der Waals surface area contributed by atoms with Gasteiger partial charge in [-0.25, -0.2) is 4.39 Å². The van der Waals surface area contributed by atoms with Crippen LogP contribution in [0.1, 0.15) is 22.5 Å². The molecule has 3 aromatic rings. The quantitative estimate of drug-likeness (QED) is 0.694. The Labute approximate surface area is 152 Å². The van der Waals surface area contributed by atoms with E-state index in [0.717, 1.165) is 49.2 Å². The van der Waals surface area contributed by atoms with Gasteiger partial charge in [0, 0.05) is 49.0 Å². The number of likely N-dealkylation sites (N-methyl/N-ethyl adjacent to an activating group) is 1. The molecule has 0 unspecified atom stereocenters. The Kier molecular flexibility index (Phi) is 4.26. The number of aromatic nitrogens is 2. The van der Waals surface area contributed by atoms with Gasteiger partial charge < -0.3 is 9.47 Å². The molecule has 0 radical (unpaired) electrons. The Morgan fingerprint density at radius 3 is 2.84 bits per heavy atom. The van der Waals surface area contributed by atoms with Crippen molar-refractivity contribution in [2.45, 2.75) is 32.9 Å². The van der Waals surface area contributed by atoms with Gasteiger partial charge in [-0.2, -0.15) is 0 Å². The molecular formula is C20H21ClFN3.